The van der Waals surface area contributed by atoms with E-state index < -0.39 is 0 Å². The van der Waals surface area contributed by atoms with Crippen molar-refractivity contribution in [2.24, 2.45) is 11.3 Å². The summed E-state index contributed by atoms with van der Waals surface area (Å²) in [7, 11) is 1.81. The van der Waals surface area contributed by atoms with Crippen LogP contribution in [0.5, 0.6) is 0 Å². The third kappa shape index (κ3) is 4.26. The first-order chi connectivity index (χ1) is 13.2. The number of hydrogen-bond donors (Lipinski definition) is 0. The van der Waals surface area contributed by atoms with Gasteiger partial charge in [-0.15, -0.1) is 0 Å². The second-order valence-corrected chi connectivity index (χ2v) is 8.17. The lowest BCUT2D eigenvalue weighted by Crippen LogP contribution is -2.44. The summed E-state index contributed by atoms with van der Waals surface area (Å²) in [5.41, 5.74) is 1.38. The Morgan fingerprint density at radius 3 is 2.70 bits per heavy atom. The summed E-state index contributed by atoms with van der Waals surface area (Å²) in [6.07, 6.45) is 4.09. The number of rotatable bonds is 6. The molecule has 1 aromatic carbocycles. The van der Waals surface area contributed by atoms with E-state index in [0.717, 1.165) is 57.2 Å². The van der Waals surface area contributed by atoms with Gasteiger partial charge >= 0.3 is 0 Å². The predicted molar refractivity (Wildman–Crippen MR) is 103 cm³/mol. The smallest absolute Gasteiger partial charge is 0.123 e. The normalized spacial score (nSPS) is 23.3. The summed E-state index contributed by atoms with van der Waals surface area (Å²) in [4.78, 5) is 4.98. The monoisotopic (exact) mass is 372 g/mol. The molecule has 1 unspecified atom stereocenters. The molecule has 2 saturated heterocycles. The Labute approximate surface area is 160 Å². The number of furan rings is 1. The van der Waals surface area contributed by atoms with Crippen molar-refractivity contribution in [2.75, 3.05) is 39.9 Å². The third-order valence-electron chi connectivity index (χ3n) is 6.36. The van der Waals surface area contributed by atoms with Gasteiger partial charge in [0.1, 0.15) is 11.6 Å². The van der Waals surface area contributed by atoms with Crippen LogP contribution in [0.15, 0.2) is 47.1 Å². The summed E-state index contributed by atoms with van der Waals surface area (Å²) >= 11 is 0. The average molecular weight is 372 g/mol. The molecule has 0 radical (unpaired) electrons. The number of benzene rings is 1. The van der Waals surface area contributed by atoms with Gasteiger partial charge in [-0.1, -0.05) is 12.1 Å². The molecule has 2 aliphatic heterocycles. The standard InChI is InChI=1S/C22H29FN2O2/c1-26-16-19-14-25(15-21-6-3-11-27-21)17-22(19)7-9-24(10-8-22)13-18-4-2-5-20(23)12-18/h2-6,11-12,19H,7-10,13-17H2,1H3. The van der Waals surface area contributed by atoms with Gasteiger partial charge in [-0.25, -0.2) is 4.39 Å². The number of hydrogen-bond acceptors (Lipinski definition) is 4. The fourth-order valence-electron chi connectivity index (χ4n) is 4.93. The largest absolute Gasteiger partial charge is 0.468 e. The Morgan fingerprint density at radius 1 is 1.15 bits per heavy atom. The zero-order valence-corrected chi connectivity index (χ0v) is 16.1. The maximum Gasteiger partial charge on any atom is 0.123 e. The van der Waals surface area contributed by atoms with Crippen molar-refractivity contribution in [3.8, 4) is 0 Å². The van der Waals surface area contributed by atoms with Crippen molar-refractivity contribution < 1.29 is 13.5 Å². The molecule has 3 heterocycles. The molecule has 2 fully saturated rings. The van der Waals surface area contributed by atoms with Crippen molar-refractivity contribution >= 4 is 0 Å². The van der Waals surface area contributed by atoms with Crippen LogP contribution in [0.4, 0.5) is 4.39 Å². The Hall–Kier alpha value is -1.69. The van der Waals surface area contributed by atoms with Gasteiger partial charge in [-0.3, -0.25) is 9.80 Å². The Morgan fingerprint density at radius 2 is 2.00 bits per heavy atom. The lowest BCUT2D eigenvalue weighted by atomic mass is 9.71. The van der Waals surface area contributed by atoms with Crippen molar-refractivity contribution in [3.63, 3.8) is 0 Å². The molecule has 1 atom stereocenters. The first kappa shape index (κ1) is 18.7. The van der Waals surface area contributed by atoms with Gasteiger partial charge in [-0.2, -0.15) is 0 Å². The van der Waals surface area contributed by atoms with Crippen molar-refractivity contribution in [3.05, 3.63) is 59.8 Å². The Bertz CT molecular complexity index is 726. The van der Waals surface area contributed by atoms with Crippen LogP contribution in [0.25, 0.3) is 0 Å². The van der Waals surface area contributed by atoms with E-state index in [1.54, 1.807) is 18.4 Å². The predicted octanol–water partition coefficient (Wildman–Crippen LogP) is 3.78. The van der Waals surface area contributed by atoms with E-state index >= 15 is 0 Å². The summed E-state index contributed by atoms with van der Waals surface area (Å²) in [6, 6.07) is 11.0. The topological polar surface area (TPSA) is 28.9 Å². The van der Waals surface area contributed by atoms with Crippen LogP contribution in [-0.4, -0.2) is 49.7 Å². The fraction of sp³-hybridized carbons (Fsp3) is 0.545. The highest BCUT2D eigenvalue weighted by molar-refractivity contribution is 5.16. The number of halogens is 1. The molecular formula is C22H29FN2O2. The molecule has 0 amide bonds. The molecular weight excluding hydrogens is 343 g/mol. The van der Waals surface area contributed by atoms with Crippen LogP contribution < -0.4 is 0 Å². The molecule has 0 aliphatic carbocycles. The van der Waals surface area contributed by atoms with Gasteiger partial charge in [0.05, 0.1) is 19.4 Å². The minimum Gasteiger partial charge on any atom is -0.468 e. The number of methoxy groups -OCH3 is 1. The average Bonchev–Trinajstić information content (AvgIpc) is 3.27. The van der Waals surface area contributed by atoms with E-state index in [1.165, 1.54) is 18.9 Å². The van der Waals surface area contributed by atoms with Crippen LogP contribution >= 0.6 is 0 Å². The number of nitrogens with zero attached hydrogens (tertiary/aromatic N) is 2. The number of ether oxygens (including phenoxy) is 1. The number of likely N-dealkylation sites (tertiary alicyclic amines) is 2. The van der Waals surface area contributed by atoms with Gasteiger partial charge in [0, 0.05) is 32.7 Å². The number of piperidine rings is 1. The first-order valence-corrected chi connectivity index (χ1v) is 9.87. The maximum atomic E-state index is 13.5. The molecule has 1 aromatic heterocycles. The van der Waals surface area contributed by atoms with E-state index in [4.69, 9.17) is 9.15 Å². The highest BCUT2D eigenvalue weighted by Gasteiger charge is 2.47. The molecule has 5 heteroatoms. The van der Waals surface area contributed by atoms with Gasteiger partial charge in [0.15, 0.2) is 0 Å². The quantitative estimate of drug-likeness (QED) is 0.772. The summed E-state index contributed by atoms with van der Waals surface area (Å²) in [6.45, 7) is 6.82. The lowest BCUT2D eigenvalue weighted by molar-refractivity contribution is 0.0349. The second kappa shape index (κ2) is 8.13. The molecule has 1 spiro atoms. The summed E-state index contributed by atoms with van der Waals surface area (Å²) in [5.74, 6) is 1.45. The molecule has 2 aliphatic rings. The van der Waals surface area contributed by atoms with Crippen molar-refractivity contribution in [1.82, 2.24) is 9.80 Å². The second-order valence-electron chi connectivity index (χ2n) is 8.17. The molecule has 2 aromatic rings. The van der Waals surface area contributed by atoms with Crippen molar-refractivity contribution in [2.45, 2.75) is 25.9 Å². The van der Waals surface area contributed by atoms with Crippen LogP contribution in [-0.2, 0) is 17.8 Å². The van der Waals surface area contributed by atoms with E-state index in [1.807, 2.05) is 19.2 Å². The van der Waals surface area contributed by atoms with Gasteiger partial charge in [-0.05, 0) is 61.2 Å². The summed E-state index contributed by atoms with van der Waals surface area (Å²) in [5, 5.41) is 0. The van der Waals surface area contributed by atoms with Gasteiger partial charge < -0.3 is 9.15 Å². The molecule has 4 nitrogen and oxygen atoms in total. The molecule has 27 heavy (non-hydrogen) atoms. The first-order valence-electron chi connectivity index (χ1n) is 9.87. The van der Waals surface area contributed by atoms with Crippen LogP contribution in [0, 0.1) is 17.2 Å². The Balaban J connectivity index is 1.38. The fourth-order valence-corrected chi connectivity index (χ4v) is 4.93. The lowest BCUT2D eigenvalue weighted by Gasteiger charge is -2.42. The zero-order valence-electron chi connectivity index (χ0n) is 16.1. The Kier molecular flexibility index (Phi) is 5.62. The molecule has 0 saturated carbocycles. The van der Waals surface area contributed by atoms with E-state index in [9.17, 15) is 4.39 Å². The highest BCUT2D eigenvalue weighted by atomic mass is 19.1. The van der Waals surface area contributed by atoms with E-state index in [2.05, 4.69) is 15.9 Å². The highest BCUT2D eigenvalue weighted by Crippen LogP contribution is 2.45. The van der Waals surface area contributed by atoms with Crippen LogP contribution in [0.1, 0.15) is 24.2 Å². The SMILES string of the molecule is COCC1CN(Cc2ccco2)CC12CCN(Cc1cccc(F)c1)CC2. The van der Waals surface area contributed by atoms with E-state index in [0.29, 0.717) is 11.3 Å². The zero-order chi connectivity index (χ0) is 18.7. The van der Waals surface area contributed by atoms with Crippen LogP contribution in [0.2, 0.25) is 0 Å². The van der Waals surface area contributed by atoms with Gasteiger partial charge in [0.25, 0.3) is 0 Å². The molecule has 4 rings (SSSR count). The minimum absolute atomic E-state index is 0.148. The van der Waals surface area contributed by atoms with Crippen molar-refractivity contribution in [1.29, 1.82) is 0 Å². The minimum atomic E-state index is -0.148. The van der Waals surface area contributed by atoms with Gasteiger partial charge in [0.2, 0.25) is 0 Å². The molecule has 146 valence electrons. The van der Waals surface area contributed by atoms with Crippen LogP contribution in [0.3, 0.4) is 0 Å². The molecule has 0 N–H and O–H groups in total. The molecule has 0 bridgehead atoms. The third-order valence-corrected chi connectivity index (χ3v) is 6.36. The van der Waals surface area contributed by atoms with E-state index in [-0.39, 0.29) is 5.82 Å². The summed E-state index contributed by atoms with van der Waals surface area (Å²) < 4.78 is 24.6. The maximum absolute atomic E-state index is 13.5.